The van der Waals surface area contributed by atoms with Crippen molar-refractivity contribution in [3.8, 4) is 0 Å². The fourth-order valence-electron chi connectivity index (χ4n) is 2.56. The zero-order valence-corrected chi connectivity index (χ0v) is 11.1. The Labute approximate surface area is 112 Å². The van der Waals surface area contributed by atoms with Crippen molar-refractivity contribution in [2.75, 3.05) is 57.4 Å². The first kappa shape index (κ1) is 12.8. The highest BCUT2D eigenvalue weighted by Gasteiger charge is 2.20. The number of anilines is 1. The molecule has 1 N–H and O–H groups in total. The van der Waals surface area contributed by atoms with Crippen LogP contribution in [0.1, 0.15) is 6.42 Å². The van der Waals surface area contributed by atoms with E-state index in [1.165, 1.54) is 0 Å². The van der Waals surface area contributed by atoms with Gasteiger partial charge in [0.2, 0.25) is 5.95 Å². The summed E-state index contributed by atoms with van der Waals surface area (Å²) in [7, 11) is 0. The Balaban J connectivity index is 1.38. The summed E-state index contributed by atoms with van der Waals surface area (Å²) in [5.41, 5.74) is 0. The molecule has 0 saturated carbocycles. The largest absolute Gasteiger partial charge is 0.376 e. The molecule has 0 aromatic carbocycles. The Bertz CT molecular complexity index is 358. The lowest BCUT2D eigenvalue weighted by Gasteiger charge is -2.35. The van der Waals surface area contributed by atoms with Gasteiger partial charge in [0.25, 0.3) is 0 Å². The van der Waals surface area contributed by atoms with Crippen LogP contribution in [-0.2, 0) is 9.47 Å². The van der Waals surface area contributed by atoms with Gasteiger partial charge in [0.1, 0.15) is 6.33 Å². The minimum Gasteiger partial charge on any atom is -0.376 e. The van der Waals surface area contributed by atoms with E-state index in [2.05, 4.69) is 25.0 Å². The molecule has 0 spiro atoms. The van der Waals surface area contributed by atoms with Crippen LogP contribution in [0.3, 0.4) is 0 Å². The zero-order chi connectivity index (χ0) is 12.9. The smallest absolute Gasteiger partial charge is 0.221 e. The molecule has 7 nitrogen and oxygen atoms in total. The molecule has 19 heavy (non-hydrogen) atoms. The second-order valence-corrected chi connectivity index (χ2v) is 4.99. The van der Waals surface area contributed by atoms with Crippen LogP contribution in [-0.4, -0.2) is 78.7 Å². The molecule has 0 amide bonds. The van der Waals surface area contributed by atoms with Crippen LogP contribution in [0.4, 0.5) is 5.95 Å². The first-order valence-corrected chi connectivity index (χ1v) is 6.94. The van der Waals surface area contributed by atoms with Crippen LogP contribution in [0.25, 0.3) is 0 Å². The Morgan fingerprint density at radius 1 is 1.26 bits per heavy atom. The topological polar surface area (TPSA) is 66.5 Å². The van der Waals surface area contributed by atoms with Crippen LogP contribution < -0.4 is 4.90 Å². The molecule has 1 aromatic heterocycles. The van der Waals surface area contributed by atoms with Gasteiger partial charge in [0, 0.05) is 32.7 Å². The molecule has 0 aliphatic carbocycles. The van der Waals surface area contributed by atoms with E-state index in [1.807, 2.05) is 0 Å². The molecular formula is C12H21N5O2. The average molecular weight is 267 g/mol. The average Bonchev–Trinajstić information content (AvgIpc) is 3.01. The molecule has 106 valence electrons. The van der Waals surface area contributed by atoms with Gasteiger partial charge < -0.3 is 14.4 Å². The van der Waals surface area contributed by atoms with Crippen LogP contribution in [0, 0.1) is 0 Å². The number of rotatable bonds is 4. The van der Waals surface area contributed by atoms with Gasteiger partial charge in [0.15, 0.2) is 0 Å². The monoisotopic (exact) mass is 267 g/mol. The number of aromatic amines is 1. The van der Waals surface area contributed by atoms with Gasteiger partial charge in [-0.2, -0.15) is 10.1 Å². The van der Waals surface area contributed by atoms with E-state index in [4.69, 9.17) is 9.47 Å². The van der Waals surface area contributed by atoms with E-state index in [0.29, 0.717) is 0 Å². The number of hydrogen-bond donors (Lipinski definition) is 1. The molecule has 0 bridgehead atoms. The third kappa shape index (κ3) is 3.43. The van der Waals surface area contributed by atoms with Gasteiger partial charge in [-0.05, 0) is 6.42 Å². The number of aromatic nitrogens is 3. The van der Waals surface area contributed by atoms with Crippen LogP contribution >= 0.6 is 0 Å². The maximum Gasteiger partial charge on any atom is 0.221 e. The summed E-state index contributed by atoms with van der Waals surface area (Å²) >= 11 is 0. The molecule has 2 aliphatic rings. The van der Waals surface area contributed by atoms with Crippen LogP contribution in [0.2, 0.25) is 0 Å². The van der Waals surface area contributed by atoms with Crippen molar-refractivity contribution in [1.82, 2.24) is 20.1 Å². The Morgan fingerprint density at radius 3 is 2.84 bits per heavy atom. The van der Waals surface area contributed by atoms with Gasteiger partial charge in [-0.3, -0.25) is 4.90 Å². The van der Waals surface area contributed by atoms with Crippen LogP contribution in [0.5, 0.6) is 0 Å². The Morgan fingerprint density at radius 2 is 2.16 bits per heavy atom. The molecule has 1 aromatic rings. The van der Waals surface area contributed by atoms with Crippen molar-refractivity contribution in [3.05, 3.63) is 6.33 Å². The predicted molar refractivity (Wildman–Crippen MR) is 70.2 cm³/mol. The molecule has 2 aliphatic heterocycles. The number of ether oxygens (including phenoxy) is 2. The number of nitrogens with one attached hydrogen (secondary N) is 1. The van der Waals surface area contributed by atoms with Crippen molar-refractivity contribution in [3.63, 3.8) is 0 Å². The Kier molecular flexibility index (Phi) is 4.27. The Hall–Kier alpha value is -1.18. The van der Waals surface area contributed by atoms with Crippen molar-refractivity contribution in [2.45, 2.75) is 12.5 Å². The standard InChI is InChI=1S/C12H21N5O2/c1(11-9-18-7-8-19-11)2-16-3-5-17(6-4-16)12-13-10-14-15-12/h10-11H,1-9H2,(H,13,14,15). The second kappa shape index (κ2) is 6.31. The molecule has 1 unspecified atom stereocenters. The lowest BCUT2D eigenvalue weighted by molar-refractivity contribution is -0.0927. The summed E-state index contributed by atoms with van der Waals surface area (Å²) in [5.74, 6) is 0.878. The molecule has 3 heterocycles. The van der Waals surface area contributed by atoms with E-state index in [9.17, 15) is 0 Å². The number of H-pyrrole nitrogens is 1. The lowest BCUT2D eigenvalue weighted by Crippen LogP contribution is -2.47. The first-order valence-electron chi connectivity index (χ1n) is 6.94. The second-order valence-electron chi connectivity index (χ2n) is 4.99. The highest BCUT2D eigenvalue weighted by Crippen LogP contribution is 2.11. The predicted octanol–water partition coefficient (Wildman–Crippen LogP) is -0.268. The van der Waals surface area contributed by atoms with Crippen molar-refractivity contribution in [2.24, 2.45) is 0 Å². The molecule has 0 radical (unpaired) electrons. The van der Waals surface area contributed by atoms with Gasteiger partial charge in [-0.15, -0.1) is 0 Å². The lowest BCUT2D eigenvalue weighted by atomic mass is 10.2. The van der Waals surface area contributed by atoms with Gasteiger partial charge in [-0.25, -0.2) is 5.10 Å². The quantitative estimate of drug-likeness (QED) is 0.810. The maximum atomic E-state index is 5.66. The molecule has 1 atom stereocenters. The third-order valence-corrected chi connectivity index (χ3v) is 3.73. The van der Waals surface area contributed by atoms with E-state index in [0.717, 1.165) is 64.9 Å². The SMILES string of the molecule is c1n[nH]c(N2CCN(CCC3COCCO3)CC2)n1. The fraction of sp³-hybridized carbons (Fsp3) is 0.833. The molecule has 7 heteroatoms. The van der Waals surface area contributed by atoms with Gasteiger partial charge >= 0.3 is 0 Å². The van der Waals surface area contributed by atoms with Gasteiger partial charge in [0.05, 0.1) is 25.9 Å². The maximum absolute atomic E-state index is 5.66. The molecular weight excluding hydrogens is 246 g/mol. The van der Waals surface area contributed by atoms with E-state index in [-0.39, 0.29) is 6.10 Å². The summed E-state index contributed by atoms with van der Waals surface area (Å²) in [6.07, 6.45) is 2.89. The van der Waals surface area contributed by atoms with E-state index >= 15 is 0 Å². The van der Waals surface area contributed by atoms with Crippen molar-refractivity contribution >= 4 is 5.95 Å². The van der Waals surface area contributed by atoms with Crippen LogP contribution in [0.15, 0.2) is 6.33 Å². The minimum atomic E-state index is 0.279. The summed E-state index contributed by atoms with van der Waals surface area (Å²) < 4.78 is 11.1. The number of piperazine rings is 1. The van der Waals surface area contributed by atoms with E-state index < -0.39 is 0 Å². The van der Waals surface area contributed by atoms with E-state index in [1.54, 1.807) is 6.33 Å². The highest BCUT2D eigenvalue weighted by atomic mass is 16.6. The minimum absolute atomic E-state index is 0.279. The molecule has 2 saturated heterocycles. The first-order chi connectivity index (χ1) is 9.42. The third-order valence-electron chi connectivity index (χ3n) is 3.73. The summed E-state index contributed by atoms with van der Waals surface area (Å²) in [5, 5.41) is 6.81. The normalized spacial score (nSPS) is 25.7. The summed E-state index contributed by atoms with van der Waals surface area (Å²) in [4.78, 5) is 8.91. The molecule has 3 rings (SSSR count). The van der Waals surface area contributed by atoms with Crippen molar-refractivity contribution < 1.29 is 9.47 Å². The fourth-order valence-corrected chi connectivity index (χ4v) is 2.56. The number of nitrogens with zero attached hydrogens (tertiary/aromatic N) is 4. The highest BCUT2D eigenvalue weighted by molar-refractivity contribution is 5.27. The summed E-state index contributed by atoms with van der Waals surface area (Å²) in [6.45, 7) is 7.43. The van der Waals surface area contributed by atoms with Crippen molar-refractivity contribution in [1.29, 1.82) is 0 Å². The summed E-state index contributed by atoms with van der Waals surface area (Å²) in [6, 6.07) is 0. The number of hydrogen-bond acceptors (Lipinski definition) is 6. The van der Waals surface area contributed by atoms with Gasteiger partial charge in [-0.1, -0.05) is 0 Å². The molecule has 2 fully saturated rings. The zero-order valence-electron chi connectivity index (χ0n) is 11.1.